The maximum Gasteiger partial charge on any atom is 0.260 e. The molecule has 0 atom stereocenters. The van der Waals surface area contributed by atoms with Crippen LogP contribution in [0.15, 0.2) is 55.1 Å². The zero-order chi connectivity index (χ0) is 18.5. The van der Waals surface area contributed by atoms with Gasteiger partial charge in [-0.1, -0.05) is 18.2 Å². The number of rotatable bonds is 5. The Labute approximate surface area is 156 Å². The van der Waals surface area contributed by atoms with E-state index >= 15 is 0 Å². The summed E-state index contributed by atoms with van der Waals surface area (Å²) in [4.78, 5) is 20.2. The number of carbonyl (C=O) groups excluding carboxylic acids is 1. The smallest absolute Gasteiger partial charge is 0.260 e. The summed E-state index contributed by atoms with van der Waals surface area (Å²) in [6.45, 7) is 2.71. The monoisotopic (exact) mass is 365 g/mol. The van der Waals surface area contributed by atoms with Crippen molar-refractivity contribution in [1.29, 1.82) is 0 Å². The number of aromatic nitrogens is 5. The summed E-state index contributed by atoms with van der Waals surface area (Å²) >= 11 is 0. The van der Waals surface area contributed by atoms with Crippen LogP contribution in [0.4, 0.5) is 5.82 Å². The Balaban J connectivity index is 1.29. The van der Waals surface area contributed by atoms with Crippen LogP contribution in [0.1, 0.15) is 0 Å². The number of piperazine rings is 1. The van der Waals surface area contributed by atoms with E-state index in [1.54, 1.807) is 11.0 Å². The van der Waals surface area contributed by atoms with Gasteiger partial charge in [0, 0.05) is 26.2 Å². The molecule has 1 saturated heterocycles. The normalized spacial score (nSPS) is 14.2. The lowest BCUT2D eigenvalue weighted by molar-refractivity contribution is -0.133. The van der Waals surface area contributed by atoms with Crippen LogP contribution < -0.4 is 9.64 Å². The standard InChI is InChI=1S/C18H19N7O2/c26-18(12-27-15-4-2-1-3-5-15)24-10-8-23(9-11-24)16-6-7-17(22-21-16)25-14-19-13-20-25/h1-7,13-14H,8-12H2. The molecule has 2 aromatic heterocycles. The number of ether oxygens (including phenoxy) is 1. The van der Waals surface area contributed by atoms with Gasteiger partial charge in [-0.25, -0.2) is 9.67 Å². The second kappa shape index (κ2) is 7.81. The molecule has 0 aliphatic carbocycles. The molecule has 27 heavy (non-hydrogen) atoms. The molecule has 9 heteroatoms. The maximum atomic E-state index is 12.3. The van der Waals surface area contributed by atoms with Crippen molar-refractivity contribution >= 4 is 11.7 Å². The van der Waals surface area contributed by atoms with E-state index in [2.05, 4.69) is 25.2 Å². The minimum atomic E-state index is -0.00822. The van der Waals surface area contributed by atoms with Gasteiger partial charge in [0.25, 0.3) is 5.91 Å². The largest absolute Gasteiger partial charge is 0.484 e. The van der Waals surface area contributed by atoms with Gasteiger partial charge in [-0.15, -0.1) is 10.2 Å². The second-order valence-corrected chi connectivity index (χ2v) is 6.06. The van der Waals surface area contributed by atoms with Gasteiger partial charge in [-0.2, -0.15) is 5.10 Å². The van der Waals surface area contributed by atoms with Crippen LogP contribution in [0.3, 0.4) is 0 Å². The van der Waals surface area contributed by atoms with Gasteiger partial charge in [0.15, 0.2) is 18.2 Å². The molecule has 1 fully saturated rings. The van der Waals surface area contributed by atoms with Crippen molar-refractivity contribution in [2.75, 3.05) is 37.7 Å². The molecule has 0 spiro atoms. The Morgan fingerprint density at radius 3 is 2.37 bits per heavy atom. The Kier molecular flexibility index (Phi) is 4.91. The first-order valence-electron chi connectivity index (χ1n) is 8.69. The Morgan fingerprint density at radius 2 is 1.70 bits per heavy atom. The molecule has 1 aliphatic rings. The molecule has 0 unspecified atom stereocenters. The fraction of sp³-hybridized carbons (Fsp3) is 0.278. The van der Waals surface area contributed by atoms with Crippen molar-refractivity contribution in [3.8, 4) is 11.6 Å². The quantitative estimate of drug-likeness (QED) is 0.660. The third-order valence-electron chi connectivity index (χ3n) is 4.35. The van der Waals surface area contributed by atoms with E-state index in [9.17, 15) is 4.79 Å². The first-order chi connectivity index (χ1) is 13.3. The lowest BCUT2D eigenvalue weighted by Gasteiger charge is -2.35. The fourth-order valence-electron chi connectivity index (χ4n) is 2.87. The van der Waals surface area contributed by atoms with Crippen molar-refractivity contribution in [1.82, 2.24) is 29.9 Å². The number of para-hydroxylation sites is 1. The molecule has 9 nitrogen and oxygen atoms in total. The highest BCUT2D eigenvalue weighted by Crippen LogP contribution is 2.14. The summed E-state index contributed by atoms with van der Waals surface area (Å²) in [6, 6.07) is 13.1. The van der Waals surface area contributed by atoms with E-state index in [4.69, 9.17) is 4.74 Å². The number of hydrogen-bond acceptors (Lipinski definition) is 7. The number of benzene rings is 1. The van der Waals surface area contributed by atoms with Crippen molar-refractivity contribution in [3.63, 3.8) is 0 Å². The molecule has 1 aromatic carbocycles. The van der Waals surface area contributed by atoms with Gasteiger partial charge in [-0.3, -0.25) is 4.79 Å². The van der Waals surface area contributed by atoms with Crippen LogP contribution in [0, 0.1) is 0 Å². The highest BCUT2D eigenvalue weighted by atomic mass is 16.5. The Hall–Kier alpha value is -3.49. The van der Waals surface area contributed by atoms with Gasteiger partial charge in [0.05, 0.1) is 0 Å². The highest BCUT2D eigenvalue weighted by molar-refractivity contribution is 5.78. The van der Waals surface area contributed by atoms with Gasteiger partial charge < -0.3 is 14.5 Å². The molecular weight excluding hydrogens is 346 g/mol. The molecule has 1 amide bonds. The summed E-state index contributed by atoms with van der Waals surface area (Å²) < 4.78 is 7.10. The summed E-state index contributed by atoms with van der Waals surface area (Å²) in [6.07, 6.45) is 3.03. The third-order valence-corrected chi connectivity index (χ3v) is 4.35. The van der Waals surface area contributed by atoms with Crippen LogP contribution in [-0.4, -0.2) is 68.6 Å². The molecule has 0 saturated carbocycles. The predicted molar refractivity (Wildman–Crippen MR) is 97.7 cm³/mol. The fourth-order valence-corrected chi connectivity index (χ4v) is 2.87. The molecule has 1 aliphatic heterocycles. The summed E-state index contributed by atoms with van der Waals surface area (Å²) in [5, 5.41) is 12.5. The highest BCUT2D eigenvalue weighted by Gasteiger charge is 2.22. The maximum absolute atomic E-state index is 12.3. The average molecular weight is 365 g/mol. The number of amides is 1. The molecule has 3 aromatic rings. The van der Waals surface area contributed by atoms with Crippen molar-refractivity contribution < 1.29 is 9.53 Å². The van der Waals surface area contributed by atoms with Crippen LogP contribution in [0.2, 0.25) is 0 Å². The Bertz CT molecular complexity index is 860. The first kappa shape index (κ1) is 17.0. The molecule has 0 bridgehead atoms. The number of hydrogen-bond donors (Lipinski definition) is 0. The summed E-state index contributed by atoms with van der Waals surface area (Å²) in [5.74, 6) is 2.09. The summed E-state index contributed by atoms with van der Waals surface area (Å²) in [5.41, 5.74) is 0. The van der Waals surface area contributed by atoms with Crippen LogP contribution in [0.5, 0.6) is 5.75 Å². The van der Waals surface area contributed by atoms with Crippen LogP contribution >= 0.6 is 0 Å². The zero-order valence-corrected chi connectivity index (χ0v) is 14.7. The zero-order valence-electron chi connectivity index (χ0n) is 14.7. The van der Waals surface area contributed by atoms with E-state index < -0.39 is 0 Å². The van der Waals surface area contributed by atoms with E-state index in [1.807, 2.05) is 47.4 Å². The average Bonchev–Trinajstić information content (AvgIpc) is 3.28. The van der Waals surface area contributed by atoms with E-state index in [1.165, 1.54) is 6.33 Å². The molecule has 3 heterocycles. The topological polar surface area (TPSA) is 89.3 Å². The van der Waals surface area contributed by atoms with Gasteiger partial charge >= 0.3 is 0 Å². The second-order valence-electron chi connectivity index (χ2n) is 6.06. The Morgan fingerprint density at radius 1 is 0.963 bits per heavy atom. The van der Waals surface area contributed by atoms with Gasteiger partial charge in [-0.05, 0) is 24.3 Å². The van der Waals surface area contributed by atoms with E-state index in [0.29, 0.717) is 37.7 Å². The number of anilines is 1. The van der Waals surface area contributed by atoms with Crippen LogP contribution in [0.25, 0.3) is 5.82 Å². The third kappa shape index (κ3) is 4.02. The molecule has 138 valence electrons. The lowest BCUT2D eigenvalue weighted by Crippen LogP contribution is -2.50. The lowest BCUT2D eigenvalue weighted by atomic mass is 10.3. The minimum Gasteiger partial charge on any atom is -0.484 e. The van der Waals surface area contributed by atoms with Gasteiger partial charge in [0.1, 0.15) is 18.4 Å². The minimum absolute atomic E-state index is 0.00822. The SMILES string of the molecule is O=C(COc1ccccc1)N1CCN(c2ccc(-n3cncn3)nn2)CC1. The first-order valence-corrected chi connectivity index (χ1v) is 8.69. The molecule has 4 rings (SSSR count). The van der Waals surface area contributed by atoms with Crippen LogP contribution in [-0.2, 0) is 4.79 Å². The van der Waals surface area contributed by atoms with Crippen molar-refractivity contribution in [2.24, 2.45) is 0 Å². The van der Waals surface area contributed by atoms with Gasteiger partial charge in [0.2, 0.25) is 0 Å². The van der Waals surface area contributed by atoms with E-state index in [0.717, 1.165) is 5.82 Å². The van der Waals surface area contributed by atoms with Crippen molar-refractivity contribution in [2.45, 2.75) is 0 Å². The molecule has 0 radical (unpaired) electrons. The molecular formula is C18H19N7O2. The molecule has 0 N–H and O–H groups in total. The predicted octanol–water partition coefficient (Wildman–Crippen LogP) is 0.785. The van der Waals surface area contributed by atoms with Crippen molar-refractivity contribution in [3.05, 3.63) is 55.1 Å². The number of nitrogens with zero attached hydrogens (tertiary/aromatic N) is 7. The summed E-state index contributed by atoms with van der Waals surface area (Å²) in [7, 11) is 0. The van der Waals surface area contributed by atoms with E-state index in [-0.39, 0.29) is 12.5 Å². The number of carbonyl (C=O) groups is 1.